The van der Waals surface area contributed by atoms with E-state index in [0.29, 0.717) is 23.8 Å². The average Bonchev–Trinajstić information content (AvgIpc) is 2.28. The van der Waals surface area contributed by atoms with Gasteiger partial charge in [-0.05, 0) is 43.9 Å². The van der Waals surface area contributed by atoms with Crippen LogP contribution in [0.1, 0.15) is 56.0 Å². The molecule has 0 amide bonds. The Morgan fingerprint density at radius 1 is 1.38 bits per heavy atom. The maximum atomic E-state index is 11.5. The van der Waals surface area contributed by atoms with Gasteiger partial charge in [0.25, 0.3) is 0 Å². The van der Waals surface area contributed by atoms with Crippen LogP contribution in [-0.2, 0) is 0 Å². The van der Waals surface area contributed by atoms with Crippen molar-refractivity contribution in [2.45, 2.75) is 40.0 Å². The fourth-order valence-electron chi connectivity index (χ4n) is 1.65. The number of hydrogen-bond acceptors (Lipinski definition) is 2. The highest BCUT2D eigenvalue weighted by Gasteiger charge is 2.11. The highest BCUT2D eigenvalue weighted by Crippen LogP contribution is 2.26. The minimum atomic E-state index is 0.0635. The van der Waals surface area contributed by atoms with Crippen molar-refractivity contribution in [3.05, 3.63) is 29.3 Å². The summed E-state index contributed by atoms with van der Waals surface area (Å²) in [4.78, 5) is 11.5. The van der Waals surface area contributed by atoms with Gasteiger partial charge in [0.2, 0.25) is 0 Å². The van der Waals surface area contributed by atoms with Gasteiger partial charge < -0.3 is 4.74 Å². The fraction of sp³-hybridized carbons (Fsp3) is 0.500. The fourth-order valence-corrected chi connectivity index (χ4v) is 1.65. The van der Waals surface area contributed by atoms with Crippen LogP contribution in [0.25, 0.3) is 0 Å². The molecule has 0 bridgehead atoms. The molecule has 88 valence electrons. The number of rotatable bonds is 5. The molecule has 2 nitrogen and oxygen atoms in total. The third-order valence-electron chi connectivity index (χ3n) is 2.86. The van der Waals surface area contributed by atoms with Crippen LogP contribution in [0.4, 0.5) is 0 Å². The van der Waals surface area contributed by atoms with Crippen LogP contribution in [0, 0.1) is 0 Å². The normalized spacial score (nSPS) is 12.2. The van der Waals surface area contributed by atoms with Crippen LogP contribution in [-0.4, -0.2) is 12.4 Å². The number of ketones is 1. The number of ether oxygens (including phenoxy) is 1. The molecular formula is C14H20O2. The molecule has 1 atom stereocenters. The predicted octanol–water partition coefficient (Wildman–Crippen LogP) is 3.80. The Morgan fingerprint density at radius 3 is 2.56 bits per heavy atom. The third kappa shape index (κ3) is 2.84. The molecule has 0 radical (unpaired) electrons. The van der Waals surface area contributed by atoms with Gasteiger partial charge >= 0.3 is 0 Å². The Kier molecular flexibility index (Phi) is 4.53. The highest BCUT2D eigenvalue weighted by molar-refractivity contribution is 5.97. The van der Waals surface area contributed by atoms with Gasteiger partial charge in [-0.3, -0.25) is 4.79 Å². The van der Waals surface area contributed by atoms with Crippen LogP contribution >= 0.6 is 0 Å². The molecule has 0 aliphatic rings. The van der Waals surface area contributed by atoms with Crippen molar-refractivity contribution in [2.75, 3.05) is 6.61 Å². The summed E-state index contributed by atoms with van der Waals surface area (Å²) < 4.78 is 5.45. The minimum absolute atomic E-state index is 0.0635. The van der Waals surface area contributed by atoms with Crippen molar-refractivity contribution < 1.29 is 9.53 Å². The molecule has 1 unspecified atom stereocenters. The molecule has 0 saturated heterocycles. The first-order chi connectivity index (χ1) is 7.60. The second-order valence-electron chi connectivity index (χ2n) is 4.05. The Bertz CT molecular complexity index is 369. The summed E-state index contributed by atoms with van der Waals surface area (Å²) in [5.74, 6) is 1.24. The Labute approximate surface area is 97.6 Å². The van der Waals surface area contributed by atoms with E-state index in [2.05, 4.69) is 13.8 Å². The van der Waals surface area contributed by atoms with E-state index < -0.39 is 0 Å². The number of Topliss-reactive ketones (excluding diaryl/α,β-unsaturated/α-hetero) is 1. The average molecular weight is 220 g/mol. The van der Waals surface area contributed by atoms with Gasteiger partial charge in [0.1, 0.15) is 5.75 Å². The molecule has 0 aliphatic carbocycles. The van der Waals surface area contributed by atoms with Gasteiger partial charge in [-0.15, -0.1) is 0 Å². The second kappa shape index (κ2) is 5.69. The van der Waals surface area contributed by atoms with Gasteiger partial charge in [0.05, 0.1) is 12.2 Å². The summed E-state index contributed by atoms with van der Waals surface area (Å²) in [6.45, 7) is 8.40. The van der Waals surface area contributed by atoms with Crippen molar-refractivity contribution in [3.63, 3.8) is 0 Å². The quantitative estimate of drug-likeness (QED) is 0.705. The van der Waals surface area contributed by atoms with Gasteiger partial charge in [0.15, 0.2) is 5.78 Å². The summed E-state index contributed by atoms with van der Waals surface area (Å²) in [5.41, 5.74) is 1.90. The van der Waals surface area contributed by atoms with E-state index in [1.807, 2.05) is 25.1 Å². The lowest BCUT2D eigenvalue weighted by Crippen LogP contribution is -2.03. The maximum absolute atomic E-state index is 11.5. The molecule has 0 heterocycles. The molecule has 0 spiro atoms. The molecule has 0 fully saturated rings. The van der Waals surface area contributed by atoms with Crippen LogP contribution in [0.5, 0.6) is 5.75 Å². The Morgan fingerprint density at radius 2 is 2.06 bits per heavy atom. The number of hydrogen-bond donors (Lipinski definition) is 0. The molecule has 0 saturated carbocycles. The lowest BCUT2D eigenvalue weighted by Gasteiger charge is -2.13. The van der Waals surface area contributed by atoms with Crippen LogP contribution in [0.15, 0.2) is 18.2 Å². The number of carbonyl (C=O) groups is 1. The summed E-state index contributed by atoms with van der Waals surface area (Å²) >= 11 is 0. The van der Waals surface area contributed by atoms with Crippen LogP contribution in [0.2, 0.25) is 0 Å². The van der Waals surface area contributed by atoms with Crippen LogP contribution < -0.4 is 4.74 Å². The van der Waals surface area contributed by atoms with Gasteiger partial charge in [0, 0.05) is 0 Å². The molecule has 1 rings (SSSR count). The van der Waals surface area contributed by atoms with E-state index in [1.54, 1.807) is 6.92 Å². The minimum Gasteiger partial charge on any atom is -0.493 e. The summed E-state index contributed by atoms with van der Waals surface area (Å²) in [7, 11) is 0. The van der Waals surface area contributed by atoms with Crippen molar-refractivity contribution in [2.24, 2.45) is 0 Å². The first-order valence-electron chi connectivity index (χ1n) is 5.87. The van der Waals surface area contributed by atoms with Crippen molar-refractivity contribution in [1.29, 1.82) is 0 Å². The third-order valence-corrected chi connectivity index (χ3v) is 2.86. The molecule has 1 aromatic carbocycles. The molecule has 0 N–H and O–H groups in total. The molecule has 1 aromatic rings. The highest BCUT2D eigenvalue weighted by atomic mass is 16.5. The van der Waals surface area contributed by atoms with E-state index >= 15 is 0 Å². The van der Waals surface area contributed by atoms with Gasteiger partial charge in [-0.2, -0.15) is 0 Å². The molecule has 2 heteroatoms. The lowest BCUT2D eigenvalue weighted by molar-refractivity contribution is 0.101. The number of benzene rings is 1. The van der Waals surface area contributed by atoms with E-state index in [4.69, 9.17) is 4.74 Å². The molecular weight excluding hydrogens is 200 g/mol. The van der Waals surface area contributed by atoms with Crippen molar-refractivity contribution >= 4 is 5.78 Å². The summed E-state index contributed by atoms with van der Waals surface area (Å²) in [6, 6.07) is 5.91. The van der Waals surface area contributed by atoms with Gasteiger partial charge in [-0.1, -0.05) is 19.9 Å². The standard InChI is InChI=1S/C14H20O2/c1-5-10(3)12-7-8-14(16-6-2)13(9-12)11(4)15/h7-10H,5-6H2,1-4H3. The van der Waals surface area contributed by atoms with Crippen LogP contribution in [0.3, 0.4) is 0 Å². The maximum Gasteiger partial charge on any atom is 0.163 e. The smallest absolute Gasteiger partial charge is 0.163 e. The zero-order valence-electron chi connectivity index (χ0n) is 10.5. The Hall–Kier alpha value is -1.31. The Balaban J connectivity index is 3.12. The zero-order valence-corrected chi connectivity index (χ0v) is 10.5. The van der Waals surface area contributed by atoms with E-state index in [9.17, 15) is 4.79 Å². The summed E-state index contributed by atoms with van der Waals surface area (Å²) in [5, 5.41) is 0. The van der Waals surface area contributed by atoms with E-state index in [-0.39, 0.29) is 5.78 Å². The SMILES string of the molecule is CCOc1ccc(C(C)CC)cc1C(C)=O. The predicted molar refractivity (Wildman–Crippen MR) is 66.3 cm³/mol. The zero-order chi connectivity index (χ0) is 12.1. The molecule has 0 aliphatic heterocycles. The summed E-state index contributed by atoms with van der Waals surface area (Å²) in [6.07, 6.45) is 1.07. The topological polar surface area (TPSA) is 26.3 Å². The monoisotopic (exact) mass is 220 g/mol. The lowest BCUT2D eigenvalue weighted by atomic mass is 9.95. The number of carbonyl (C=O) groups excluding carboxylic acids is 1. The first-order valence-corrected chi connectivity index (χ1v) is 5.87. The van der Waals surface area contributed by atoms with Crippen molar-refractivity contribution in [3.8, 4) is 5.75 Å². The van der Waals surface area contributed by atoms with E-state index in [0.717, 1.165) is 6.42 Å². The van der Waals surface area contributed by atoms with Crippen molar-refractivity contribution in [1.82, 2.24) is 0 Å². The molecule has 16 heavy (non-hydrogen) atoms. The largest absolute Gasteiger partial charge is 0.493 e. The first kappa shape index (κ1) is 12.8. The second-order valence-corrected chi connectivity index (χ2v) is 4.05. The van der Waals surface area contributed by atoms with E-state index in [1.165, 1.54) is 5.56 Å². The molecule has 0 aromatic heterocycles. The van der Waals surface area contributed by atoms with Gasteiger partial charge in [-0.25, -0.2) is 0 Å².